The van der Waals surface area contributed by atoms with Gasteiger partial charge in [0.1, 0.15) is 0 Å². The van der Waals surface area contributed by atoms with Gasteiger partial charge in [-0.15, -0.1) is 5.92 Å². The van der Waals surface area contributed by atoms with Crippen LogP contribution in [0, 0.1) is 11.8 Å². The quantitative estimate of drug-likeness (QED) is 0.280. The molecule has 0 rings (SSSR count). The SMILES string of the molecule is CCC=CC[C@H](O)C=CC=CC=CC(O)CC=CCC#CCCC(=O)O. The fraction of sp³-hybridized carbons (Fsp3) is 0.409. The summed E-state index contributed by atoms with van der Waals surface area (Å²) in [5, 5.41) is 27.9. The highest BCUT2D eigenvalue weighted by molar-refractivity contribution is 5.67. The maximum atomic E-state index is 10.3. The van der Waals surface area contributed by atoms with Crippen molar-refractivity contribution in [3.05, 3.63) is 60.8 Å². The topological polar surface area (TPSA) is 77.8 Å². The third-order valence-corrected chi connectivity index (χ3v) is 3.13. The van der Waals surface area contributed by atoms with Crippen molar-refractivity contribution in [1.82, 2.24) is 0 Å². The Balaban J connectivity index is 3.91. The zero-order valence-electron chi connectivity index (χ0n) is 15.4. The molecule has 0 heterocycles. The average Bonchev–Trinajstić information content (AvgIpc) is 2.60. The first-order valence-corrected chi connectivity index (χ1v) is 8.91. The van der Waals surface area contributed by atoms with Crippen LogP contribution in [-0.4, -0.2) is 33.5 Å². The zero-order valence-corrected chi connectivity index (χ0v) is 15.4. The zero-order chi connectivity index (χ0) is 19.5. The van der Waals surface area contributed by atoms with Crippen molar-refractivity contribution in [3.63, 3.8) is 0 Å². The second kappa shape index (κ2) is 17.5. The predicted octanol–water partition coefficient (Wildman–Crippen LogP) is 3.94. The number of rotatable bonds is 12. The molecule has 4 heteroatoms. The Morgan fingerprint density at radius 3 is 2.00 bits per heavy atom. The molecule has 3 N–H and O–H groups in total. The predicted molar refractivity (Wildman–Crippen MR) is 107 cm³/mol. The summed E-state index contributed by atoms with van der Waals surface area (Å²) in [5.41, 5.74) is 0. The van der Waals surface area contributed by atoms with Crippen LogP contribution < -0.4 is 0 Å². The molecule has 0 radical (unpaired) electrons. The monoisotopic (exact) mass is 358 g/mol. The van der Waals surface area contributed by atoms with Crippen molar-refractivity contribution in [2.45, 2.75) is 57.7 Å². The lowest BCUT2D eigenvalue weighted by molar-refractivity contribution is -0.136. The van der Waals surface area contributed by atoms with Gasteiger partial charge >= 0.3 is 5.97 Å². The number of aliphatic hydroxyl groups is 2. The average molecular weight is 358 g/mol. The van der Waals surface area contributed by atoms with Gasteiger partial charge in [-0.3, -0.25) is 4.79 Å². The van der Waals surface area contributed by atoms with E-state index in [4.69, 9.17) is 5.11 Å². The highest BCUT2D eigenvalue weighted by atomic mass is 16.4. The van der Waals surface area contributed by atoms with E-state index in [2.05, 4.69) is 18.8 Å². The molecule has 0 amide bonds. The molecule has 0 aromatic heterocycles. The van der Waals surface area contributed by atoms with Gasteiger partial charge in [-0.2, -0.15) is 0 Å². The Hall–Kier alpha value is -2.35. The summed E-state index contributed by atoms with van der Waals surface area (Å²) in [5.74, 6) is 4.81. The molecule has 1 unspecified atom stereocenters. The number of carbonyl (C=O) groups is 1. The third kappa shape index (κ3) is 18.0. The van der Waals surface area contributed by atoms with Gasteiger partial charge in [-0.25, -0.2) is 0 Å². The van der Waals surface area contributed by atoms with Gasteiger partial charge in [0.05, 0.1) is 18.6 Å². The van der Waals surface area contributed by atoms with E-state index in [0.717, 1.165) is 6.42 Å². The molecule has 2 atom stereocenters. The van der Waals surface area contributed by atoms with E-state index in [1.165, 1.54) is 0 Å². The molecular weight excluding hydrogens is 328 g/mol. The Morgan fingerprint density at radius 2 is 1.46 bits per heavy atom. The van der Waals surface area contributed by atoms with Crippen molar-refractivity contribution in [1.29, 1.82) is 0 Å². The molecule has 0 aliphatic rings. The molecule has 0 fully saturated rings. The summed E-state index contributed by atoms with van der Waals surface area (Å²) in [6.07, 6.45) is 20.3. The maximum absolute atomic E-state index is 10.3. The number of hydrogen-bond acceptors (Lipinski definition) is 3. The van der Waals surface area contributed by atoms with E-state index in [0.29, 0.717) is 25.7 Å². The normalized spacial score (nSPS) is 14.6. The minimum atomic E-state index is -0.838. The molecule has 0 spiro atoms. The Morgan fingerprint density at radius 1 is 0.885 bits per heavy atom. The van der Waals surface area contributed by atoms with E-state index in [-0.39, 0.29) is 6.42 Å². The van der Waals surface area contributed by atoms with E-state index in [1.807, 2.05) is 24.3 Å². The van der Waals surface area contributed by atoms with E-state index < -0.39 is 18.2 Å². The largest absolute Gasteiger partial charge is 0.481 e. The summed E-state index contributed by atoms with van der Waals surface area (Å²) < 4.78 is 0. The van der Waals surface area contributed by atoms with Crippen molar-refractivity contribution in [2.24, 2.45) is 0 Å². The van der Waals surface area contributed by atoms with Gasteiger partial charge in [-0.05, 0) is 19.3 Å². The standard InChI is InChI=1S/C22H30O4/c1-2-3-10-15-20(23)17-12-8-9-13-18-21(24)16-11-6-4-5-7-14-19-22(25)26/h3,6,8-13,17-18,20-21,23-24H,2,4,14-16,19H2,1H3,(H,25,26)/t20-,21?/m0/s1. The smallest absolute Gasteiger partial charge is 0.304 e. The van der Waals surface area contributed by atoms with Crippen LogP contribution in [0.3, 0.4) is 0 Å². The van der Waals surface area contributed by atoms with Gasteiger partial charge in [0.15, 0.2) is 0 Å². The lowest BCUT2D eigenvalue weighted by Crippen LogP contribution is -1.98. The molecule has 26 heavy (non-hydrogen) atoms. The van der Waals surface area contributed by atoms with Crippen LogP contribution in [-0.2, 0) is 4.79 Å². The number of carboxylic acids is 1. The van der Waals surface area contributed by atoms with Crippen LogP contribution in [0.25, 0.3) is 0 Å². The second-order valence-corrected chi connectivity index (χ2v) is 5.56. The fourth-order valence-electron chi connectivity index (χ4n) is 1.78. The van der Waals surface area contributed by atoms with Crippen molar-refractivity contribution in [3.8, 4) is 11.8 Å². The van der Waals surface area contributed by atoms with Crippen LogP contribution in [0.15, 0.2) is 60.8 Å². The van der Waals surface area contributed by atoms with Crippen LogP contribution >= 0.6 is 0 Å². The number of aliphatic hydroxyl groups excluding tert-OH is 2. The first kappa shape index (κ1) is 23.6. The summed E-state index contributed by atoms with van der Waals surface area (Å²) in [6, 6.07) is 0. The molecule has 0 aromatic rings. The Labute approximate surface area is 156 Å². The fourth-order valence-corrected chi connectivity index (χ4v) is 1.78. The molecule has 0 bridgehead atoms. The van der Waals surface area contributed by atoms with Crippen LogP contribution in [0.2, 0.25) is 0 Å². The first-order chi connectivity index (χ1) is 12.6. The lowest BCUT2D eigenvalue weighted by atomic mass is 10.2. The summed E-state index contributed by atoms with van der Waals surface area (Å²) in [7, 11) is 0. The molecule has 0 saturated carbocycles. The first-order valence-electron chi connectivity index (χ1n) is 8.91. The van der Waals surface area contributed by atoms with Gasteiger partial charge in [0.2, 0.25) is 0 Å². The van der Waals surface area contributed by atoms with E-state index >= 15 is 0 Å². The van der Waals surface area contributed by atoms with Gasteiger partial charge < -0.3 is 15.3 Å². The highest BCUT2D eigenvalue weighted by Gasteiger charge is 1.94. The summed E-state index contributed by atoms with van der Waals surface area (Å²) >= 11 is 0. The summed E-state index contributed by atoms with van der Waals surface area (Å²) in [6.45, 7) is 2.05. The Kier molecular flexibility index (Phi) is 15.9. The van der Waals surface area contributed by atoms with E-state index in [1.54, 1.807) is 36.5 Å². The highest BCUT2D eigenvalue weighted by Crippen LogP contribution is 1.99. The number of allylic oxidation sites excluding steroid dienone is 6. The molecule has 4 nitrogen and oxygen atoms in total. The van der Waals surface area contributed by atoms with Crippen molar-refractivity contribution in [2.75, 3.05) is 0 Å². The van der Waals surface area contributed by atoms with Crippen molar-refractivity contribution < 1.29 is 20.1 Å². The minimum Gasteiger partial charge on any atom is -0.481 e. The van der Waals surface area contributed by atoms with Gasteiger partial charge in [-0.1, -0.05) is 73.6 Å². The lowest BCUT2D eigenvalue weighted by Gasteiger charge is -1.99. The number of hydrogen-bond donors (Lipinski definition) is 3. The van der Waals surface area contributed by atoms with Gasteiger partial charge in [0.25, 0.3) is 0 Å². The second-order valence-electron chi connectivity index (χ2n) is 5.56. The molecule has 0 aliphatic heterocycles. The van der Waals surface area contributed by atoms with Crippen LogP contribution in [0.5, 0.6) is 0 Å². The molecular formula is C22H30O4. The van der Waals surface area contributed by atoms with Crippen molar-refractivity contribution >= 4 is 5.97 Å². The van der Waals surface area contributed by atoms with Gasteiger partial charge in [0, 0.05) is 12.8 Å². The van der Waals surface area contributed by atoms with Crippen LogP contribution in [0.1, 0.15) is 45.4 Å². The Bertz CT molecular complexity index is 571. The minimum absolute atomic E-state index is 0.0673. The number of aliphatic carboxylic acids is 1. The third-order valence-electron chi connectivity index (χ3n) is 3.13. The molecule has 0 saturated heterocycles. The molecule has 0 aromatic carbocycles. The molecule has 0 aliphatic carbocycles. The van der Waals surface area contributed by atoms with E-state index in [9.17, 15) is 15.0 Å². The maximum Gasteiger partial charge on any atom is 0.304 e. The van der Waals surface area contributed by atoms with Crippen LogP contribution in [0.4, 0.5) is 0 Å². The summed E-state index contributed by atoms with van der Waals surface area (Å²) in [4.78, 5) is 10.3. The number of carboxylic acid groups (broad SMARTS) is 1. The molecule has 142 valence electrons.